The van der Waals surface area contributed by atoms with Crippen molar-refractivity contribution < 1.29 is 9.15 Å². The summed E-state index contributed by atoms with van der Waals surface area (Å²) in [6, 6.07) is 5.80. The predicted octanol–water partition coefficient (Wildman–Crippen LogP) is 3.10. The van der Waals surface area contributed by atoms with E-state index in [2.05, 4.69) is 37.8 Å². The zero-order valence-corrected chi connectivity index (χ0v) is 15.2. The zero-order valence-electron chi connectivity index (χ0n) is 15.2. The molecule has 0 unspecified atom stereocenters. The van der Waals surface area contributed by atoms with Crippen molar-refractivity contribution in [1.29, 1.82) is 0 Å². The summed E-state index contributed by atoms with van der Waals surface area (Å²) in [5.74, 6) is 2.76. The normalized spacial score (nSPS) is 11.3. The molecule has 8 nitrogen and oxygen atoms in total. The van der Waals surface area contributed by atoms with E-state index in [4.69, 9.17) is 9.15 Å². The molecule has 0 aliphatic carbocycles. The first kappa shape index (κ1) is 17.8. The van der Waals surface area contributed by atoms with Crippen LogP contribution in [0.5, 0.6) is 5.75 Å². The molecule has 26 heavy (non-hydrogen) atoms. The highest BCUT2D eigenvalue weighted by Gasteiger charge is 2.06. The molecule has 1 aromatic carbocycles. The highest BCUT2D eigenvalue weighted by Crippen LogP contribution is 2.23. The Kier molecular flexibility index (Phi) is 5.73. The molecule has 0 aliphatic heterocycles. The number of methoxy groups -OCH3 is 1. The van der Waals surface area contributed by atoms with Crippen molar-refractivity contribution in [3.05, 3.63) is 47.4 Å². The Morgan fingerprint density at radius 3 is 2.73 bits per heavy atom. The smallest absolute Gasteiger partial charge is 0.216 e. The Labute approximate surface area is 151 Å². The van der Waals surface area contributed by atoms with E-state index in [0.717, 1.165) is 42.7 Å². The van der Waals surface area contributed by atoms with E-state index < -0.39 is 0 Å². The van der Waals surface area contributed by atoms with Crippen molar-refractivity contribution in [2.24, 2.45) is 0 Å². The lowest BCUT2D eigenvalue weighted by atomic mass is 10.1. The van der Waals surface area contributed by atoms with Gasteiger partial charge in [-0.25, -0.2) is 0 Å². The Balaban J connectivity index is 1.57. The van der Waals surface area contributed by atoms with E-state index in [0.29, 0.717) is 17.6 Å². The second-order valence-electron chi connectivity index (χ2n) is 5.92. The fourth-order valence-electron chi connectivity index (χ4n) is 2.56. The van der Waals surface area contributed by atoms with Gasteiger partial charge in [0.1, 0.15) is 5.75 Å². The van der Waals surface area contributed by atoms with Crippen LogP contribution in [0.3, 0.4) is 0 Å². The lowest BCUT2D eigenvalue weighted by Crippen LogP contribution is -2.00. The third-order valence-electron chi connectivity index (χ3n) is 3.83. The summed E-state index contributed by atoms with van der Waals surface area (Å²) in [5.41, 5.74) is 1.82. The number of hydrogen-bond acceptors (Lipinski definition) is 7. The highest BCUT2D eigenvalue weighted by molar-refractivity contribution is 5.60. The summed E-state index contributed by atoms with van der Waals surface area (Å²) in [7, 11) is 1.66. The van der Waals surface area contributed by atoms with Crippen LogP contribution in [-0.2, 0) is 6.42 Å². The molecule has 0 bridgehead atoms. The molecule has 2 heterocycles. The standard InChI is InChI=1S/C18H22N6O2/c1-13-19-23-24(22-13)16-10-11-17(25-3)15(12-16)8-6-4-5-7-9-18-21-20-14(2)26-18/h6,8,10-12H,4-5,7,9H2,1-3H3/b8-6+. The monoisotopic (exact) mass is 354 g/mol. The number of unbranched alkanes of at least 4 members (excludes halogenated alkanes) is 2. The van der Waals surface area contributed by atoms with E-state index in [-0.39, 0.29) is 0 Å². The maximum Gasteiger partial charge on any atom is 0.216 e. The summed E-state index contributed by atoms with van der Waals surface area (Å²) in [5, 5.41) is 20.0. The number of nitrogens with zero attached hydrogens (tertiary/aromatic N) is 6. The van der Waals surface area contributed by atoms with Gasteiger partial charge in [0.2, 0.25) is 11.8 Å². The van der Waals surface area contributed by atoms with Gasteiger partial charge in [0.05, 0.1) is 12.8 Å². The largest absolute Gasteiger partial charge is 0.496 e. The van der Waals surface area contributed by atoms with E-state index >= 15 is 0 Å². The third-order valence-corrected chi connectivity index (χ3v) is 3.83. The van der Waals surface area contributed by atoms with Crippen LogP contribution in [0.15, 0.2) is 28.7 Å². The molecular formula is C18H22N6O2. The molecule has 0 amide bonds. The van der Waals surface area contributed by atoms with Crippen LogP contribution in [0.1, 0.15) is 42.4 Å². The second-order valence-corrected chi connectivity index (χ2v) is 5.92. The van der Waals surface area contributed by atoms with Crippen LogP contribution in [0.25, 0.3) is 11.8 Å². The highest BCUT2D eigenvalue weighted by atomic mass is 16.5. The van der Waals surface area contributed by atoms with Crippen molar-refractivity contribution >= 4 is 6.08 Å². The molecule has 0 spiro atoms. The van der Waals surface area contributed by atoms with Crippen molar-refractivity contribution in [2.75, 3.05) is 7.11 Å². The first-order valence-corrected chi connectivity index (χ1v) is 8.56. The molecule has 0 atom stereocenters. The number of hydrogen-bond donors (Lipinski definition) is 0. The van der Waals surface area contributed by atoms with Gasteiger partial charge in [0.15, 0.2) is 5.82 Å². The first-order chi connectivity index (χ1) is 12.7. The number of benzene rings is 1. The molecule has 0 radical (unpaired) electrons. The minimum absolute atomic E-state index is 0.615. The first-order valence-electron chi connectivity index (χ1n) is 8.56. The Hall–Kier alpha value is -3.03. The number of aromatic nitrogens is 6. The number of aryl methyl sites for hydroxylation is 3. The van der Waals surface area contributed by atoms with Crippen molar-refractivity contribution in [2.45, 2.75) is 39.5 Å². The van der Waals surface area contributed by atoms with Crippen LogP contribution >= 0.6 is 0 Å². The molecular weight excluding hydrogens is 332 g/mol. The zero-order chi connectivity index (χ0) is 18.4. The Morgan fingerprint density at radius 2 is 2.04 bits per heavy atom. The van der Waals surface area contributed by atoms with Gasteiger partial charge in [0.25, 0.3) is 0 Å². The molecule has 3 rings (SSSR count). The van der Waals surface area contributed by atoms with Crippen LogP contribution in [-0.4, -0.2) is 37.5 Å². The van der Waals surface area contributed by atoms with Gasteiger partial charge >= 0.3 is 0 Å². The minimum atomic E-state index is 0.615. The van der Waals surface area contributed by atoms with Gasteiger partial charge in [-0.3, -0.25) is 0 Å². The number of allylic oxidation sites excluding steroid dienone is 1. The quantitative estimate of drug-likeness (QED) is 0.574. The molecule has 0 fully saturated rings. The van der Waals surface area contributed by atoms with Crippen LogP contribution in [0.4, 0.5) is 0 Å². The molecule has 0 saturated carbocycles. The fourth-order valence-corrected chi connectivity index (χ4v) is 2.56. The maximum atomic E-state index is 5.44. The van der Waals surface area contributed by atoms with Crippen molar-refractivity contribution in [1.82, 2.24) is 30.4 Å². The van der Waals surface area contributed by atoms with E-state index in [1.165, 1.54) is 4.80 Å². The molecule has 0 N–H and O–H groups in total. The van der Waals surface area contributed by atoms with Gasteiger partial charge in [-0.2, -0.15) is 0 Å². The molecule has 8 heteroatoms. The summed E-state index contributed by atoms with van der Waals surface area (Å²) >= 11 is 0. The number of ether oxygens (including phenoxy) is 1. The predicted molar refractivity (Wildman–Crippen MR) is 96.1 cm³/mol. The molecule has 136 valence electrons. The van der Waals surface area contributed by atoms with Crippen molar-refractivity contribution in [3.63, 3.8) is 0 Å². The third kappa shape index (κ3) is 4.53. The van der Waals surface area contributed by atoms with Gasteiger partial charge in [0, 0.05) is 18.9 Å². The average molecular weight is 354 g/mol. The average Bonchev–Trinajstić information content (AvgIpc) is 3.26. The molecule has 2 aromatic heterocycles. The number of tetrazole rings is 1. The van der Waals surface area contributed by atoms with Crippen LogP contribution < -0.4 is 4.74 Å². The van der Waals surface area contributed by atoms with Crippen LogP contribution in [0.2, 0.25) is 0 Å². The molecule has 3 aromatic rings. The Morgan fingerprint density at radius 1 is 1.15 bits per heavy atom. The van der Waals surface area contributed by atoms with E-state index in [1.807, 2.05) is 25.1 Å². The summed E-state index contributed by atoms with van der Waals surface area (Å²) < 4.78 is 10.8. The Bertz CT molecular complexity index is 883. The second kappa shape index (κ2) is 8.37. The van der Waals surface area contributed by atoms with E-state index in [1.54, 1.807) is 14.0 Å². The summed E-state index contributed by atoms with van der Waals surface area (Å²) in [4.78, 5) is 1.51. The topological polar surface area (TPSA) is 91.8 Å². The molecule has 0 aliphatic rings. The number of rotatable bonds is 8. The van der Waals surface area contributed by atoms with Gasteiger partial charge in [-0.05, 0) is 49.6 Å². The lowest BCUT2D eigenvalue weighted by Gasteiger charge is -2.07. The van der Waals surface area contributed by atoms with Crippen molar-refractivity contribution in [3.8, 4) is 11.4 Å². The van der Waals surface area contributed by atoms with E-state index in [9.17, 15) is 0 Å². The molecule has 0 saturated heterocycles. The van der Waals surface area contributed by atoms with Gasteiger partial charge in [-0.15, -0.1) is 25.2 Å². The van der Waals surface area contributed by atoms with Gasteiger partial charge in [-0.1, -0.05) is 12.2 Å². The van der Waals surface area contributed by atoms with Crippen LogP contribution in [0, 0.1) is 13.8 Å². The lowest BCUT2D eigenvalue weighted by molar-refractivity contribution is 0.413. The van der Waals surface area contributed by atoms with Gasteiger partial charge < -0.3 is 9.15 Å². The minimum Gasteiger partial charge on any atom is -0.496 e. The maximum absolute atomic E-state index is 5.44. The summed E-state index contributed by atoms with van der Waals surface area (Å²) in [6.45, 7) is 3.61. The fraction of sp³-hybridized carbons (Fsp3) is 0.389. The SMILES string of the molecule is COc1ccc(-n2nnc(C)n2)cc1/C=C/CCCCc1nnc(C)o1. The summed E-state index contributed by atoms with van der Waals surface area (Å²) in [6.07, 6.45) is 8.02.